The molecule has 0 aromatic heterocycles. The number of fused-ring (bicyclic) bond motifs is 2. The Labute approximate surface area is 200 Å². The Morgan fingerprint density at radius 1 is 1.09 bits per heavy atom. The van der Waals surface area contributed by atoms with E-state index in [9.17, 15) is 23.2 Å². The molecule has 1 fully saturated rings. The quantitative estimate of drug-likeness (QED) is 0.637. The van der Waals surface area contributed by atoms with Crippen LogP contribution < -0.4 is 15.4 Å². The molecule has 2 aliphatic heterocycles. The van der Waals surface area contributed by atoms with Crippen molar-refractivity contribution in [2.75, 3.05) is 31.4 Å². The van der Waals surface area contributed by atoms with E-state index in [1.165, 1.54) is 19.2 Å². The lowest BCUT2D eigenvalue weighted by atomic mass is 9.94. The van der Waals surface area contributed by atoms with Crippen LogP contribution in [0.5, 0.6) is 5.75 Å². The van der Waals surface area contributed by atoms with Gasteiger partial charge in [0.1, 0.15) is 18.5 Å². The van der Waals surface area contributed by atoms with Crippen molar-refractivity contribution < 1.29 is 37.4 Å². The Morgan fingerprint density at radius 2 is 1.80 bits per heavy atom. The summed E-state index contributed by atoms with van der Waals surface area (Å²) in [6.45, 7) is 0.177. The van der Waals surface area contributed by atoms with Crippen molar-refractivity contribution in [2.45, 2.75) is 37.5 Å². The SMILES string of the molecule is COC(=O)C[C@@H]1CC[C@@H]2[C@@H](COc3ccc(NC(=O)Nc4ccc(F)c(F)c4)cc3C(=O)N2C)O1. The first-order valence-electron chi connectivity index (χ1n) is 11.0. The predicted octanol–water partition coefficient (Wildman–Crippen LogP) is 3.55. The Morgan fingerprint density at radius 3 is 2.51 bits per heavy atom. The van der Waals surface area contributed by atoms with Crippen LogP contribution in [0.2, 0.25) is 0 Å². The summed E-state index contributed by atoms with van der Waals surface area (Å²) >= 11 is 0. The molecule has 2 aromatic carbocycles. The van der Waals surface area contributed by atoms with Gasteiger partial charge in [-0.25, -0.2) is 13.6 Å². The Bertz CT molecular complexity index is 1140. The maximum Gasteiger partial charge on any atom is 0.323 e. The van der Waals surface area contributed by atoms with Crippen LogP contribution in [-0.4, -0.2) is 61.8 Å². The highest BCUT2D eigenvalue weighted by atomic mass is 19.2. The standard InChI is InChI=1S/C24H25F2N3O6/c1-29-19-7-5-15(11-22(30)33-2)35-21(19)12-34-20-8-4-13(9-16(20)23(29)31)27-24(32)28-14-3-6-17(25)18(26)10-14/h3-4,6,8-10,15,19,21H,5,7,11-12H2,1-2H3,(H2,27,28,32)/t15-,19+,21+/m0/s1. The Hall–Kier alpha value is -3.73. The molecule has 2 aliphatic rings. The summed E-state index contributed by atoms with van der Waals surface area (Å²) in [5.41, 5.74) is 0.637. The molecule has 2 N–H and O–H groups in total. The fourth-order valence-corrected chi connectivity index (χ4v) is 4.24. The van der Waals surface area contributed by atoms with Gasteiger partial charge in [-0.15, -0.1) is 0 Å². The molecule has 4 rings (SSSR count). The normalized spacial score (nSPS) is 21.5. The van der Waals surface area contributed by atoms with E-state index in [0.29, 0.717) is 24.3 Å². The van der Waals surface area contributed by atoms with E-state index in [1.54, 1.807) is 24.1 Å². The third-order valence-corrected chi connectivity index (χ3v) is 6.07. The monoisotopic (exact) mass is 489 g/mol. The van der Waals surface area contributed by atoms with Crippen LogP contribution >= 0.6 is 0 Å². The summed E-state index contributed by atoms with van der Waals surface area (Å²) in [5, 5.41) is 4.98. The van der Waals surface area contributed by atoms with Gasteiger partial charge in [0.2, 0.25) is 0 Å². The number of methoxy groups -OCH3 is 1. The van der Waals surface area contributed by atoms with Crippen molar-refractivity contribution in [1.82, 2.24) is 4.90 Å². The van der Waals surface area contributed by atoms with Crippen LogP contribution in [0, 0.1) is 11.6 Å². The van der Waals surface area contributed by atoms with E-state index in [0.717, 1.165) is 12.1 Å². The van der Waals surface area contributed by atoms with Crippen LogP contribution in [0.15, 0.2) is 36.4 Å². The van der Waals surface area contributed by atoms with Crippen LogP contribution in [0.3, 0.4) is 0 Å². The molecule has 35 heavy (non-hydrogen) atoms. The van der Waals surface area contributed by atoms with Gasteiger partial charge in [-0.1, -0.05) is 0 Å². The summed E-state index contributed by atoms with van der Waals surface area (Å²) in [4.78, 5) is 38.8. The molecule has 0 aliphatic carbocycles. The number of likely N-dealkylation sites (N-methyl/N-ethyl adjacent to an activating group) is 1. The topological polar surface area (TPSA) is 106 Å². The molecular formula is C24H25F2N3O6. The van der Waals surface area contributed by atoms with Gasteiger partial charge in [-0.3, -0.25) is 9.59 Å². The van der Waals surface area contributed by atoms with E-state index in [1.807, 2.05) is 0 Å². The minimum absolute atomic E-state index is 0.0700. The minimum Gasteiger partial charge on any atom is -0.490 e. The van der Waals surface area contributed by atoms with Crippen molar-refractivity contribution >= 4 is 29.3 Å². The molecule has 0 saturated carbocycles. The number of hydrogen-bond donors (Lipinski definition) is 2. The van der Waals surface area contributed by atoms with Gasteiger partial charge >= 0.3 is 12.0 Å². The van der Waals surface area contributed by atoms with E-state index in [2.05, 4.69) is 10.6 Å². The molecule has 11 heteroatoms. The molecular weight excluding hydrogens is 464 g/mol. The molecule has 0 bridgehead atoms. The first kappa shape index (κ1) is 24.4. The van der Waals surface area contributed by atoms with Gasteiger partial charge in [-0.2, -0.15) is 0 Å². The Kier molecular flexibility index (Phi) is 7.15. The summed E-state index contributed by atoms with van der Waals surface area (Å²) in [7, 11) is 3.00. The number of ether oxygens (including phenoxy) is 3. The zero-order valence-corrected chi connectivity index (χ0v) is 19.2. The molecule has 186 valence electrons. The zero-order valence-electron chi connectivity index (χ0n) is 19.2. The van der Waals surface area contributed by atoms with Crippen LogP contribution in [0.4, 0.5) is 25.0 Å². The fraction of sp³-hybridized carbons (Fsp3) is 0.375. The number of rotatable bonds is 4. The van der Waals surface area contributed by atoms with E-state index >= 15 is 0 Å². The van der Waals surface area contributed by atoms with Crippen molar-refractivity contribution in [3.05, 3.63) is 53.6 Å². The third kappa shape index (κ3) is 5.51. The van der Waals surface area contributed by atoms with Gasteiger partial charge in [0.05, 0.1) is 31.2 Å². The van der Waals surface area contributed by atoms with Crippen molar-refractivity contribution in [3.8, 4) is 5.75 Å². The highest BCUT2D eigenvalue weighted by Crippen LogP contribution is 2.32. The minimum atomic E-state index is -1.09. The second-order valence-electron chi connectivity index (χ2n) is 8.37. The maximum absolute atomic E-state index is 13.4. The highest BCUT2D eigenvalue weighted by molar-refractivity contribution is 6.02. The number of benzene rings is 2. The maximum atomic E-state index is 13.4. The average Bonchev–Trinajstić information content (AvgIpc) is 2.84. The van der Waals surface area contributed by atoms with Crippen LogP contribution in [0.1, 0.15) is 29.6 Å². The van der Waals surface area contributed by atoms with Crippen LogP contribution in [0.25, 0.3) is 0 Å². The zero-order chi connectivity index (χ0) is 25.1. The van der Waals surface area contributed by atoms with E-state index in [-0.39, 0.29) is 48.3 Å². The van der Waals surface area contributed by atoms with Gasteiger partial charge in [-0.05, 0) is 43.2 Å². The number of amides is 3. The number of esters is 1. The number of nitrogens with one attached hydrogen (secondary N) is 2. The number of anilines is 2. The molecule has 2 aromatic rings. The predicted molar refractivity (Wildman–Crippen MR) is 121 cm³/mol. The molecule has 0 radical (unpaired) electrons. The van der Waals surface area contributed by atoms with Crippen molar-refractivity contribution in [3.63, 3.8) is 0 Å². The smallest absolute Gasteiger partial charge is 0.323 e. The van der Waals surface area contributed by atoms with Gasteiger partial charge < -0.3 is 29.7 Å². The molecule has 3 atom stereocenters. The largest absolute Gasteiger partial charge is 0.490 e. The highest BCUT2D eigenvalue weighted by Gasteiger charge is 2.39. The summed E-state index contributed by atoms with van der Waals surface area (Å²) in [5.74, 6) is -2.45. The second kappa shape index (κ2) is 10.3. The lowest BCUT2D eigenvalue weighted by molar-refractivity contribution is -0.151. The van der Waals surface area contributed by atoms with E-state index < -0.39 is 23.8 Å². The lowest BCUT2D eigenvalue weighted by Crippen LogP contribution is -2.53. The molecule has 1 saturated heterocycles. The van der Waals surface area contributed by atoms with Gasteiger partial charge in [0.25, 0.3) is 5.91 Å². The summed E-state index contributed by atoms with van der Waals surface area (Å²) in [6.07, 6.45) is 0.624. The number of carbonyl (C=O) groups excluding carboxylic acids is 3. The first-order valence-corrected chi connectivity index (χ1v) is 11.0. The lowest BCUT2D eigenvalue weighted by Gasteiger charge is -2.42. The molecule has 3 amide bonds. The van der Waals surface area contributed by atoms with Gasteiger partial charge in [0, 0.05) is 24.5 Å². The fourth-order valence-electron chi connectivity index (χ4n) is 4.24. The summed E-state index contributed by atoms with van der Waals surface area (Å²) in [6, 6.07) is 6.65. The average molecular weight is 489 g/mol. The van der Waals surface area contributed by atoms with E-state index in [4.69, 9.17) is 14.2 Å². The van der Waals surface area contributed by atoms with Crippen molar-refractivity contribution in [1.29, 1.82) is 0 Å². The molecule has 9 nitrogen and oxygen atoms in total. The number of nitrogens with zero attached hydrogens (tertiary/aromatic N) is 1. The number of hydrogen-bond acceptors (Lipinski definition) is 6. The second-order valence-corrected chi connectivity index (χ2v) is 8.37. The number of carbonyl (C=O) groups is 3. The van der Waals surface area contributed by atoms with Gasteiger partial charge in [0.15, 0.2) is 11.6 Å². The molecule has 0 unspecified atom stereocenters. The third-order valence-electron chi connectivity index (χ3n) is 6.07. The van der Waals surface area contributed by atoms with Crippen molar-refractivity contribution in [2.24, 2.45) is 0 Å². The number of halogens is 2. The molecule has 0 spiro atoms. The number of urea groups is 1. The first-order chi connectivity index (χ1) is 16.7. The summed E-state index contributed by atoms with van der Waals surface area (Å²) < 4.78 is 43.1. The Balaban J connectivity index is 1.46. The van der Waals surface area contributed by atoms with Crippen LogP contribution in [-0.2, 0) is 14.3 Å². The molecule has 2 heterocycles.